The molecule has 3 heterocycles. The average molecular weight is 358 g/mol. The third kappa shape index (κ3) is 3.74. The number of thioether (sulfide) groups is 1. The number of nitrogens with zero attached hydrogens (tertiary/aromatic N) is 4. The van der Waals surface area contributed by atoms with Crippen molar-refractivity contribution in [3.8, 4) is 11.4 Å². The van der Waals surface area contributed by atoms with Crippen LogP contribution in [0.3, 0.4) is 0 Å². The Morgan fingerprint density at radius 3 is 2.80 bits per heavy atom. The van der Waals surface area contributed by atoms with Gasteiger partial charge in [0.15, 0.2) is 11.0 Å². The van der Waals surface area contributed by atoms with Gasteiger partial charge < -0.3 is 13.7 Å². The van der Waals surface area contributed by atoms with Crippen LogP contribution in [0, 0.1) is 0 Å². The van der Waals surface area contributed by atoms with E-state index >= 15 is 0 Å². The fourth-order valence-corrected chi connectivity index (χ4v) is 3.33. The number of rotatable bonds is 7. The van der Waals surface area contributed by atoms with Gasteiger partial charge in [0.2, 0.25) is 0 Å². The van der Waals surface area contributed by atoms with Crippen LogP contribution in [0.15, 0.2) is 46.4 Å². The number of hydrogen-bond donors (Lipinski definition) is 0. The van der Waals surface area contributed by atoms with E-state index in [-0.39, 0.29) is 0 Å². The monoisotopic (exact) mass is 358 g/mol. The highest BCUT2D eigenvalue weighted by atomic mass is 32.2. The van der Waals surface area contributed by atoms with Gasteiger partial charge in [0, 0.05) is 24.5 Å². The zero-order chi connectivity index (χ0) is 17.6. The molecule has 0 unspecified atom stereocenters. The maximum Gasteiger partial charge on any atom is 0.341 e. The van der Waals surface area contributed by atoms with Gasteiger partial charge in [0.05, 0.1) is 19.1 Å². The maximum atomic E-state index is 11.7. The standard InChI is InChI=1S/C17H18N4O3S/c1-3-9-21-15(12-4-7-18-8-5-12)19-20-17(21)25-11-14-13(6-10-24-14)16(22)23-2/h4-8,10H,3,9,11H2,1-2H3. The molecule has 0 aliphatic rings. The lowest BCUT2D eigenvalue weighted by Crippen LogP contribution is -2.04. The smallest absolute Gasteiger partial charge is 0.341 e. The van der Waals surface area contributed by atoms with E-state index in [1.54, 1.807) is 18.5 Å². The molecule has 7 nitrogen and oxygen atoms in total. The van der Waals surface area contributed by atoms with Crippen molar-refractivity contribution < 1.29 is 13.9 Å². The Morgan fingerprint density at radius 1 is 1.28 bits per heavy atom. The molecule has 0 amide bonds. The molecule has 0 aliphatic carbocycles. The highest BCUT2D eigenvalue weighted by Crippen LogP contribution is 2.28. The first-order valence-electron chi connectivity index (χ1n) is 7.85. The predicted octanol–water partition coefficient (Wildman–Crippen LogP) is 3.42. The molecule has 0 saturated carbocycles. The molecule has 130 valence electrons. The number of carbonyl (C=O) groups excluding carboxylic acids is 1. The third-order valence-electron chi connectivity index (χ3n) is 3.59. The summed E-state index contributed by atoms with van der Waals surface area (Å²) in [4.78, 5) is 15.8. The van der Waals surface area contributed by atoms with E-state index < -0.39 is 5.97 Å². The number of pyridine rings is 1. The Balaban J connectivity index is 1.83. The minimum absolute atomic E-state index is 0.406. The van der Waals surface area contributed by atoms with E-state index in [2.05, 4.69) is 26.7 Å². The fourth-order valence-electron chi connectivity index (χ4n) is 2.41. The topological polar surface area (TPSA) is 83.0 Å². The molecular weight excluding hydrogens is 340 g/mol. The van der Waals surface area contributed by atoms with Crippen molar-refractivity contribution in [3.05, 3.63) is 48.2 Å². The molecule has 25 heavy (non-hydrogen) atoms. The highest BCUT2D eigenvalue weighted by molar-refractivity contribution is 7.98. The molecule has 0 bridgehead atoms. The molecule has 0 N–H and O–H groups in total. The summed E-state index contributed by atoms with van der Waals surface area (Å²) in [5, 5.41) is 9.40. The summed E-state index contributed by atoms with van der Waals surface area (Å²) in [6.45, 7) is 2.90. The molecular formula is C17H18N4O3S. The van der Waals surface area contributed by atoms with Gasteiger partial charge in [-0.05, 0) is 24.6 Å². The molecule has 3 aromatic rings. The first kappa shape index (κ1) is 17.2. The quantitative estimate of drug-likeness (QED) is 0.472. The molecule has 0 spiro atoms. The lowest BCUT2D eigenvalue weighted by atomic mass is 10.2. The van der Waals surface area contributed by atoms with Crippen LogP contribution in [0.5, 0.6) is 0 Å². The number of ether oxygens (including phenoxy) is 1. The second-order valence-corrected chi connectivity index (χ2v) is 6.17. The number of methoxy groups -OCH3 is 1. The third-order valence-corrected chi connectivity index (χ3v) is 4.55. The van der Waals surface area contributed by atoms with Crippen LogP contribution >= 0.6 is 11.8 Å². The van der Waals surface area contributed by atoms with Gasteiger partial charge >= 0.3 is 5.97 Å². The zero-order valence-corrected chi connectivity index (χ0v) is 14.8. The van der Waals surface area contributed by atoms with Crippen LogP contribution in [0.2, 0.25) is 0 Å². The van der Waals surface area contributed by atoms with Crippen molar-refractivity contribution in [1.82, 2.24) is 19.7 Å². The Morgan fingerprint density at radius 2 is 2.08 bits per heavy atom. The molecule has 8 heteroatoms. The van der Waals surface area contributed by atoms with Crippen LogP contribution in [-0.2, 0) is 17.0 Å². The largest absolute Gasteiger partial charge is 0.468 e. The van der Waals surface area contributed by atoms with E-state index in [0.29, 0.717) is 17.1 Å². The summed E-state index contributed by atoms with van der Waals surface area (Å²) in [5.41, 5.74) is 1.40. The van der Waals surface area contributed by atoms with Gasteiger partial charge in [-0.3, -0.25) is 4.98 Å². The SMILES string of the molecule is CCCn1c(SCc2occc2C(=O)OC)nnc1-c1ccncc1. The van der Waals surface area contributed by atoms with Gasteiger partial charge in [-0.15, -0.1) is 10.2 Å². The van der Waals surface area contributed by atoms with Crippen molar-refractivity contribution in [2.45, 2.75) is 30.8 Å². The number of hydrogen-bond acceptors (Lipinski definition) is 7. The van der Waals surface area contributed by atoms with Gasteiger partial charge in [0.1, 0.15) is 11.3 Å². The summed E-state index contributed by atoms with van der Waals surface area (Å²) in [6.07, 6.45) is 5.91. The van der Waals surface area contributed by atoms with Crippen molar-refractivity contribution in [2.75, 3.05) is 7.11 Å². The predicted molar refractivity (Wildman–Crippen MR) is 93.2 cm³/mol. The molecule has 3 aromatic heterocycles. The molecule has 0 radical (unpaired) electrons. The minimum atomic E-state index is -0.406. The van der Waals surface area contributed by atoms with Crippen molar-refractivity contribution in [2.24, 2.45) is 0 Å². The molecule has 0 atom stereocenters. The van der Waals surface area contributed by atoms with Gasteiger partial charge in [-0.25, -0.2) is 4.79 Å². The van der Waals surface area contributed by atoms with E-state index in [9.17, 15) is 4.79 Å². The zero-order valence-electron chi connectivity index (χ0n) is 14.0. The molecule has 0 fully saturated rings. The van der Waals surface area contributed by atoms with Crippen molar-refractivity contribution in [3.63, 3.8) is 0 Å². The lowest BCUT2D eigenvalue weighted by Gasteiger charge is -2.08. The van der Waals surface area contributed by atoms with E-state index in [4.69, 9.17) is 9.15 Å². The Labute approximate surface area is 149 Å². The lowest BCUT2D eigenvalue weighted by molar-refractivity contribution is 0.0598. The van der Waals surface area contributed by atoms with E-state index in [0.717, 1.165) is 29.5 Å². The van der Waals surface area contributed by atoms with Crippen LogP contribution in [-0.4, -0.2) is 32.8 Å². The summed E-state index contributed by atoms with van der Waals surface area (Å²) >= 11 is 1.47. The molecule has 0 aliphatic heterocycles. The normalized spacial score (nSPS) is 10.8. The van der Waals surface area contributed by atoms with Gasteiger partial charge in [-0.2, -0.15) is 0 Å². The van der Waals surface area contributed by atoms with E-state index in [1.807, 2.05) is 12.1 Å². The van der Waals surface area contributed by atoms with Gasteiger partial charge in [0.25, 0.3) is 0 Å². The van der Waals surface area contributed by atoms with Gasteiger partial charge in [-0.1, -0.05) is 18.7 Å². The molecule has 0 aromatic carbocycles. The highest BCUT2D eigenvalue weighted by Gasteiger charge is 2.18. The Bertz CT molecular complexity index is 845. The number of esters is 1. The fraction of sp³-hybridized carbons (Fsp3) is 0.294. The van der Waals surface area contributed by atoms with Crippen LogP contribution in [0.4, 0.5) is 0 Å². The van der Waals surface area contributed by atoms with Crippen LogP contribution in [0.25, 0.3) is 11.4 Å². The summed E-state index contributed by atoms with van der Waals surface area (Å²) in [7, 11) is 1.35. The van der Waals surface area contributed by atoms with Crippen LogP contribution < -0.4 is 0 Å². The Kier molecular flexibility index (Phi) is 5.49. The summed E-state index contributed by atoms with van der Waals surface area (Å²) < 4.78 is 12.2. The first-order valence-corrected chi connectivity index (χ1v) is 8.84. The number of furan rings is 1. The summed E-state index contributed by atoms with van der Waals surface area (Å²) in [5.74, 6) is 1.43. The van der Waals surface area contributed by atoms with Crippen molar-refractivity contribution in [1.29, 1.82) is 0 Å². The molecule has 3 rings (SSSR count). The number of carbonyl (C=O) groups is 1. The average Bonchev–Trinajstić information content (AvgIpc) is 3.27. The summed E-state index contributed by atoms with van der Waals surface area (Å²) in [6, 6.07) is 5.43. The first-order chi connectivity index (χ1) is 12.2. The second kappa shape index (κ2) is 7.98. The number of aromatic nitrogens is 4. The minimum Gasteiger partial charge on any atom is -0.468 e. The maximum absolute atomic E-state index is 11.7. The second-order valence-electron chi connectivity index (χ2n) is 5.23. The van der Waals surface area contributed by atoms with Crippen LogP contribution in [0.1, 0.15) is 29.5 Å². The molecule has 0 saturated heterocycles. The van der Waals surface area contributed by atoms with Crippen molar-refractivity contribution >= 4 is 17.7 Å². The Hall–Kier alpha value is -2.61. The van der Waals surface area contributed by atoms with E-state index in [1.165, 1.54) is 25.1 Å².